The largest absolute Gasteiger partial charge is 0.447 e. The van der Waals surface area contributed by atoms with Crippen LogP contribution in [0.25, 0.3) is 0 Å². The number of hydrogen-bond donors (Lipinski definition) is 3. The Labute approximate surface area is 127 Å². The van der Waals surface area contributed by atoms with E-state index in [4.69, 9.17) is 9.47 Å². The van der Waals surface area contributed by atoms with Gasteiger partial charge in [0.05, 0.1) is 0 Å². The Bertz CT molecular complexity index is 420. The van der Waals surface area contributed by atoms with Crippen molar-refractivity contribution in [3.05, 3.63) is 0 Å². The van der Waals surface area contributed by atoms with Crippen LogP contribution in [0.3, 0.4) is 0 Å². The molecule has 21 heavy (non-hydrogen) atoms. The van der Waals surface area contributed by atoms with Crippen molar-refractivity contribution in [3.8, 4) is 0 Å². The number of amides is 1. The molecule has 2 aliphatic rings. The average molecular weight is 319 g/mol. The number of rotatable bonds is 3. The lowest BCUT2D eigenvalue weighted by atomic mass is 9.99. The van der Waals surface area contributed by atoms with Gasteiger partial charge in [0.1, 0.15) is 36.4 Å². The molecule has 2 rings (SSSR count). The second-order valence-corrected chi connectivity index (χ2v) is 6.13. The number of amidine groups is 1. The number of thioether (sulfide) groups is 1. The summed E-state index contributed by atoms with van der Waals surface area (Å²) < 4.78 is 10.7. The SMILES string of the molecule is CCNC(=O)OC[C@H]1O[C@@H]2SC(N(C)C)=N[C@@H]2[C@@H](O)[C@@H]1O. The number of hydrogen-bond acceptors (Lipinski definition) is 8. The van der Waals surface area contributed by atoms with Crippen LogP contribution in [0.2, 0.25) is 0 Å². The lowest BCUT2D eigenvalue weighted by molar-refractivity contribution is -0.164. The van der Waals surface area contributed by atoms with Crippen molar-refractivity contribution in [2.45, 2.75) is 36.7 Å². The third-order valence-corrected chi connectivity index (χ3v) is 4.54. The lowest BCUT2D eigenvalue weighted by Crippen LogP contribution is -2.56. The molecule has 0 aromatic carbocycles. The number of nitrogens with one attached hydrogen (secondary N) is 1. The number of alkyl carbamates (subject to hydrolysis) is 1. The molecule has 2 aliphatic heterocycles. The van der Waals surface area contributed by atoms with E-state index in [-0.39, 0.29) is 12.0 Å². The quantitative estimate of drug-likeness (QED) is 0.626. The molecule has 0 saturated carbocycles. The van der Waals surface area contributed by atoms with Crippen molar-refractivity contribution in [2.75, 3.05) is 27.2 Å². The standard InChI is InChI=1S/C12H21N3O5S/c1-4-13-12(18)19-5-6-8(16)9(17)7-10(20-6)21-11(14-7)15(2)3/h6-10,16-17H,4-5H2,1-3H3,(H,13,18)/t6-,7-,8-,9-,10-/m1/s1. The Morgan fingerprint density at radius 3 is 2.81 bits per heavy atom. The van der Waals surface area contributed by atoms with Gasteiger partial charge >= 0.3 is 6.09 Å². The zero-order valence-electron chi connectivity index (χ0n) is 12.2. The highest BCUT2D eigenvalue weighted by atomic mass is 32.2. The molecule has 2 heterocycles. The number of carbonyl (C=O) groups excluding carboxylic acids is 1. The summed E-state index contributed by atoms with van der Waals surface area (Å²) in [4.78, 5) is 17.5. The monoisotopic (exact) mass is 319 g/mol. The van der Waals surface area contributed by atoms with Gasteiger partial charge in [-0.2, -0.15) is 0 Å². The molecule has 5 atom stereocenters. The van der Waals surface area contributed by atoms with Crippen molar-refractivity contribution in [1.82, 2.24) is 10.2 Å². The van der Waals surface area contributed by atoms with Crippen LogP contribution in [0.4, 0.5) is 4.79 Å². The van der Waals surface area contributed by atoms with Gasteiger partial charge < -0.3 is 29.9 Å². The van der Waals surface area contributed by atoms with Crippen LogP contribution in [0.5, 0.6) is 0 Å². The summed E-state index contributed by atoms with van der Waals surface area (Å²) in [5.41, 5.74) is -0.386. The van der Waals surface area contributed by atoms with Crippen molar-refractivity contribution in [3.63, 3.8) is 0 Å². The van der Waals surface area contributed by atoms with E-state index in [1.807, 2.05) is 19.0 Å². The normalized spacial score (nSPS) is 34.9. The van der Waals surface area contributed by atoms with Crippen LogP contribution in [-0.2, 0) is 9.47 Å². The second kappa shape index (κ2) is 6.82. The highest BCUT2D eigenvalue weighted by Gasteiger charge is 2.48. The summed E-state index contributed by atoms with van der Waals surface area (Å²) in [5, 5.41) is 23.5. The maximum Gasteiger partial charge on any atom is 0.407 e. The second-order valence-electron chi connectivity index (χ2n) is 5.07. The first-order chi connectivity index (χ1) is 9.93. The Morgan fingerprint density at radius 2 is 2.19 bits per heavy atom. The minimum absolute atomic E-state index is 0.120. The molecule has 0 radical (unpaired) electrons. The maximum atomic E-state index is 11.3. The van der Waals surface area contributed by atoms with E-state index in [0.717, 1.165) is 5.17 Å². The molecular weight excluding hydrogens is 298 g/mol. The summed E-state index contributed by atoms with van der Waals surface area (Å²) in [6.45, 7) is 2.11. The third-order valence-electron chi connectivity index (χ3n) is 3.23. The van der Waals surface area contributed by atoms with Gasteiger partial charge in [0, 0.05) is 20.6 Å². The van der Waals surface area contributed by atoms with Crippen molar-refractivity contribution in [1.29, 1.82) is 0 Å². The minimum atomic E-state index is -1.15. The fraction of sp³-hybridized carbons (Fsp3) is 0.833. The van der Waals surface area contributed by atoms with Crippen LogP contribution in [0.1, 0.15) is 6.92 Å². The van der Waals surface area contributed by atoms with Crippen LogP contribution in [0, 0.1) is 0 Å². The minimum Gasteiger partial charge on any atom is -0.447 e. The summed E-state index contributed by atoms with van der Waals surface area (Å²) >= 11 is 1.38. The summed E-state index contributed by atoms with van der Waals surface area (Å²) in [5.74, 6) is 0. The van der Waals surface area contributed by atoms with E-state index in [9.17, 15) is 15.0 Å². The van der Waals surface area contributed by atoms with Gasteiger partial charge in [0.15, 0.2) is 5.17 Å². The molecule has 0 bridgehead atoms. The number of fused-ring (bicyclic) bond motifs is 1. The number of ether oxygens (including phenoxy) is 2. The molecule has 0 aliphatic carbocycles. The molecule has 1 saturated heterocycles. The zero-order chi connectivity index (χ0) is 15.6. The van der Waals surface area contributed by atoms with Gasteiger partial charge in [-0.05, 0) is 6.92 Å². The Balaban J connectivity index is 1.95. The highest BCUT2D eigenvalue weighted by Crippen LogP contribution is 2.36. The van der Waals surface area contributed by atoms with Crippen LogP contribution in [-0.4, -0.2) is 83.4 Å². The molecule has 0 unspecified atom stereocenters. The van der Waals surface area contributed by atoms with Gasteiger partial charge in [0.25, 0.3) is 0 Å². The van der Waals surface area contributed by atoms with E-state index < -0.39 is 30.4 Å². The van der Waals surface area contributed by atoms with Crippen molar-refractivity contribution >= 4 is 23.0 Å². The fourth-order valence-corrected chi connectivity index (χ4v) is 3.29. The number of carbonyl (C=O) groups is 1. The number of aliphatic hydroxyl groups is 2. The summed E-state index contributed by atoms with van der Waals surface area (Å²) in [7, 11) is 3.70. The third kappa shape index (κ3) is 3.60. The van der Waals surface area contributed by atoms with E-state index in [1.165, 1.54) is 11.8 Å². The van der Waals surface area contributed by atoms with Gasteiger partial charge in [-0.15, -0.1) is 0 Å². The van der Waals surface area contributed by atoms with E-state index >= 15 is 0 Å². The molecule has 1 fully saturated rings. The highest BCUT2D eigenvalue weighted by molar-refractivity contribution is 8.14. The molecule has 0 aromatic heterocycles. The average Bonchev–Trinajstić information content (AvgIpc) is 2.86. The molecule has 8 nitrogen and oxygen atoms in total. The maximum absolute atomic E-state index is 11.3. The smallest absolute Gasteiger partial charge is 0.407 e. The van der Waals surface area contributed by atoms with Crippen molar-refractivity contribution in [2.24, 2.45) is 4.99 Å². The van der Waals surface area contributed by atoms with E-state index in [0.29, 0.717) is 6.54 Å². The van der Waals surface area contributed by atoms with Crippen LogP contribution < -0.4 is 5.32 Å². The Kier molecular flexibility index (Phi) is 5.31. The molecule has 0 aromatic rings. The summed E-state index contributed by atoms with van der Waals surface area (Å²) in [6, 6.07) is -0.511. The topological polar surface area (TPSA) is 104 Å². The van der Waals surface area contributed by atoms with Crippen molar-refractivity contribution < 1.29 is 24.5 Å². The Hall–Kier alpha value is -1.03. The first kappa shape index (κ1) is 16.3. The summed E-state index contributed by atoms with van der Waals surface area (Å²) in [6.07, 6.45) is -3.54. The predicted octanol–water partition coefficient (Wildman–Crippen LogP) is -0.788. The predicted molar refractivity (Wildman–Crippen MR) is 78.2 cm³/mol. The number of aliphatic imine (C=N–C) groups is 1. The van der Waals surface area contributed by atoms with E-state index in [1.54, 1.807) is 6.92 Å². The van der Waals surface area contributed by atoms with Crippen LogP contribution >= 0.6 is 11.8 Å². The van der Waals surface area contributed by atoms with Gasteiger partial charge in [0.2, 0.25) is 0 Å². The van der Waals surface area contributed by atoms with E-state index in [2.05, 4.69) is 10.3 Å². The molecule has 0 spiro atoms. The molecule has 9 heteroatoms. The van der Waals surface area contributed by atoms with Crippen LogP contribution in [0.15, 0.2) is 4.99 Å². The zero-order valence-corrected chi connectivity index (χ0v) is 13.0. The van der Waals surface area contributed by atoms with Gasteiger partial charge in [-0.3, -0.25) is 4.99 Å². The Morgan fingerprint density at radius 1 is 1.48 bits per heavy atom. The molecular formula is C12H21N3O5S. The number of aliphatic hydroxyl groups excluding tert-OH is 2. The van der Waals surface area contributed by atoms with Gasteiger partial charge in [-0.1, -0.05) is 11.8 Å². The molecule has 1 amide bonds. The lowest BCUT2D eigenvalue weighted by Gasteiger charge is -2.37. The first-order valence-electron chi connectivity index (χ1n) is 6.78. The van der Waals surface area contributed by atoms with Gasteiger partial charge in [-0.25, -0.2) is 4.79 Å². The first-order valence-corrected chi connectivity index (χ1v) is 7.66. The fourth-order valence-electron chi connectivity index (χ4n) is 2.12. The molecule has 3 N–H and O–H groups in total. The molecule has 120 valence electrons. The number of nitrogens with zero attached hydrogens (tertiary/aromatic N) is 2.